The fraction of sp³-hybridized carbons (Fsp3) is 0.0556. The van der Waals surface area contributed by atoms with Crippen LogP contribution in [-0.4, -0.2) is 4.98 Å². The fourth-order valence-corrected chi connectivity index (χ4v) is 2.02. The smallest absolute Gasteiger partial charge is 0.220 e. The number of fused-ring (bicyclic) bond motifs is 1. The van der Waals surface area contributed by atoms with E-state index in [1.165, 1.54) is 5.56 Å². The van der Waals surface area contributed by atoms with E-state index >= 15 is 0 Å². The minimum atomic E-state index is 0.631. The van der Waals surface area contributed by atoms with Gasteiger partial charge in [-0.2, -0.15) is 0 Å². The van der Waals surface area contributed by atoms with Crippen molar-refractivity contribution in [3.8, 4) is 0 Å². The van der Waals surface area contributed by atoms with Crippen molar-refractivity contribution in [2.24, 2.45) is 0 Å². The lowest BCUT2D eigenvalue weighted by atomic mass is 10.1. The second-order valence-corrected chi connectivity index (χ2v) is 4.65. The SMILES string of the molecule is CC(/C=C/c1nc2ccccc2o1)=C\c1ccccc1. The van der Waals surface area contributed by atoms with E-state index in [0.29, 0.717) is 5.89 Å². The predicted molar refractivity (Wildman–Crippen MR) is 83.1 cm³/mol. The number of allylic oxidation sites excluding steroid dienone is 2. The Balaban J connectivity index is 1.81. The van der Waals surface area contributed by atoms with Gasteiger partial charge in [-0.15, -0.1) is 0 Å². The molecule has 98 valence electrons. The molecule has 1 heterocycles. The number of benzene rings is 2. The van der Waals surface area contributed by atoms with Gasteiger partial charge in [-0.3, -0.25) is 0 Å². The van der Waals surface area contributed by atoms with Crippen LogP contribution in [0.2, 0.25) is 0 Å². The Kier molecular flexibility index (Phi) is 3.46. The van der Waals surface area contributed by atoms with E-state index in [0.717, 1.165) is 16.7 Å². The van der Waals surface area contributed by atoms with Crippen LogP contribution in [0.25, 0.3) is 23.3 Å². The molecule has 0 saturated carbocycles. The van der Waals surface area contributed by atoms with Crippen molar-refractivity contribution in [1.82, 2.24) is 4.98 Å². The summed E-state index contributed by atoms with van der Waals surface area (Å²) in [6.45, 7) is 2.06. The first-order valence-corrected chi connectivity index (χ1v) is 6.58. The molecule has 0 aliphatic heterocycles. The summed E-state index contributed by atoms with van der Waals surface area (Å²) in [6, 6.07) is 18.0. The molecule has 1 aromatic heterocycles. The van der Waals surface area contributed by atoms with E-state index in [-0.39, 0.29) is 0 Å². The Morgan fingerprint density at radius 2 is 1.75 bits per heavy atom. The van der Waals surface area contributed by atoms with E-state index in [1.807, 2.05) is 54.6 Å². The highest BCUT2D eigenvalue weighted by Gasteiger charge is 2.00. The molecule has 0 aliphatic carbocycles. The lowest BCUT2D eigenvalue weighted by Crippen LogP contribution is -1.74. The summed E-state index contributed by atoms with van der Waals surface area (Å²) in [5.41, 5.74) is 4.04. The average Bonchev–Trinajstić information content (AvgIpc) is 2.89. The Labute approximate surface area is 118 Å². The van der Waals surface area contributed by atoms with Crippen LogP contribution in [0.5, 0.6) is 0 Å². The van der Waals surface area contributed by atoms with Gasteiger partial charge in [0.25, 0.3) is 0 Å². The standard InChI is InChI=1S/C18H15NO/c1-14(13-15-7-3-2-4-8-15)11-12-18-19-16-9-5-6-10-17(16)20-18/h2-13H,1H3/b12-11+,14-13+. The summed E-state index contributed by atoms with van der Waals surface area (Å²) in [5, 5.41) is 0. The van der Waals surface area contributed by atoms with Crippen LogP contribution >= 0.6 is 0 Å². The van der Waals surface area contributed by atoms with Gasteiger partial charge in [0.1, 0.15) is 5.52 Å². The Morgan fingerprint density at radius 1 is 1.00 bits per heavy atom. The quantitative estimate of drug-likeness (QED) is 0.624. The van der Waals surface area contributed by atoms with Gasteiger partial charge >= 0.3 is 0 Å². The summed E-state index contributed by atoms with van der Waals surface area (Å²) < 4.78 is 5.64. The minimum absolute atomic E-state index is 0.631. The van der Waals surface area contributed by atoms with Gasteiger partial charge in [-0.1, -0.05) is 60.2 Å². The van der Waals surface area contributed by atoms with E-state index in [1.54, 1.807) is 0 Å². The van der Waals surface area contributed by atoms with Crippen molar-refractivity contribution in [2.75, 3.05) is 0 Å². The predicted octanol–water partition coefficient (Wildman–Crippen LogP) is 4.94. The molecular formula is C18H15NO. The molecule has 0 amide bonds. The van der Waals surface area contributed by atoms with Gasteiger partial charge in [0.05, 0.1) is 0 Å². The van der Waals surface area contributed by atoms with Gasteiger partial charge in [0, 0.05) is 6.08 Å². The van der Waals surface area contributed by atoms with Gasteiger partial charge in [0.2, 0.25) is 5.89 Å². The number of nitrogens with zero attached hydrogens (tertiary/aromatic N) is 1. The normalized spacial score (nSPS) is 12.3. The number of rotatable bonds is 3. The van der Waals surface area contributed by atoms with Gasteiger partial charge in [-0.25, -0.2) is 4.98 Å². The summed E-state index contributed by atoms with van der Waals surface area (Å²) in [6.07, 6.45) is 6.03. The third kappa shape index (κ3) is 2.86. The highest BCUT2D eigenvalue weighted by molar-refractivity contribution is 5.73. The first-order chi connectivity index (χ1) is 9.81. The molecule has 0 N–H and O–H groups in total. The third-order valence-corrected chi connectivity index (χ3v) is 2.99. The van der Waals surface area contributed by atoms with Gasteiger partial charge in [0.15, 0.2) is 5.58 Å². The molecule has 0 spiro atoms. The molecular weight excluding hydrogens is 246 g/mol. The van der Waals surface area contributed by atoms with Gasteiger partial charge in [-0.05, 0) is 24.6 Å². The largest absolute Gasteiger partial charge is 0.437 e. The number of aromatic nitrogens is 1. The van der Waals surface area contributed by atoms with Gasteiger partial charge < -0.3 is 4.42 Å². The number of oxazole rings is 1. The highest BCUT2D eigenvalue weighted by atomic mass is 16.3. The lowest BCUT2D eigenvalue weighted by Gasteiger charge is -1.94. The first-order valence-electron chi connectivity index (χ1n) is 6.58. The van der Waals surface area contributed by atoms with Crippen LogP contribution in [0.4, 0.5) is 0 Å². The van der Waals surface area contributed by atoms with Crippen molar-refractivity contribution < 1.29 is 4.42 Å². The zero-order valence-electron chi connectivity index (χ0n) is 11.3. The highest BCUT2D eigenvalue weighted by Crippen LogP contribution is 2.16. The van der Waals surface area contributed by atoms with Crippen molar-refractivity contribution in [3.63, 3.8) is 0 Å². The summed E-state index contributed by atoms with van der Waals surface area (Å²) >= 11 is 0. The van der Waals surface area contributed by atoms with Crippen LogP contribution in [-0.2, 0) is 0 Å². The van der Waals surface area contributed by atoms with E-state index < -0.39 is 0 Å². The van der Waals surface area contributed by atoms with Crippen molar-refractivity contribution >= 4 is 23.3 Å². The van der Waals surface area contributed by atoms with Crippen LogP contribution in [0.3, 0.4) is 0 Å². The maximum atomic E-state index is 5.64. The van der Waals surface area contributed by atoms with Crippen molar-refractivity contribution in [3.05, 3.63) is 77.7 Å². The number of hydrogen-bond acceptors (Lipinski definition) is 2. The zero-order valence-corrected chi connectivity index (χ0v) is 11.3. The monoisotopic (exact) mass is 261 g/mol. The summed E-state index contributed by atoms with van der Waals surface area (Å²) in [5.74, 6) is 0.631. The molecule has 0 aliphatic rings. The maximum Gasteiger partial charge on any atom is 0.220 e. The van der Waals surface area contributed by atoms with Crippen molar-refractivity contribution in [2.45, 2.75) is 6.92 Å². The maximum absolute atomic E-state index is 5.64. The molecule has 3 aromatic rings. The van der Waals surface area contributed by atoms with E-state index in [9.17, 15) is 0 Å². The summed E-state index contributed by atoms with van der Waals surface area (Å²) in [7, 11) is 0. The third-order valence-electron chi connectivity index (χ3n) is 2.99. The molecule has 2 heteroatoms. The molecule has 0 fully saturated rings. The average molecular weight is 261 g/mol. The van der Waals surface area contributed by atoms with Crippen molar-refractivity contribution in [1.29, 1.82) is 0 Å². The van der Waals surface area contributed by atoms with E-state index in [4.69, 9.17) is 4.42 Å². The molecule has 3 rings (SSSR count). The number of para-hydroxylation sites is 2. The molecule has 0 bridgehead atoms. The second-order valence-electron chi connectivity index (χ2n) is 4.65. The van der Waals surface area contributed by atoms with Crippen LogP contribution in [0, 0.1) is 0 Å². The molecule has 0 unspecified atom stereocenters. The number of hydrogen-bond donors (Lipinski definition) is 0. The van der Waals surface area contributed by atoms with E-state index in [2.05, 4.69) is 30.1 Å². The minimum Gasteiger partial charge on any atom is -0.437 e. The zero-order chi connectivity index (χ0) is 13.8. The molecule has 2 nitrogen and oxygen atoms in total. The van der Waals surface area contributed by atoms with Crippen LogP contribution in [0.1, 0.15) is 18.4 Å². The fourth-order valence-electron chi connectivity index (χ4n) is 2.02. The van der Waals surface area contributed by atoms with Crippen LogP contribution in [0.15, 0.2) is 70.7 Å². The summed E-state index contributed by atoms with van der Waals surface area (Å²) in [4.78, 5) is 4.41. The molecule has 0 radical (unpaired) electrons. The lowest BCUT2D eigenvalue weighted by molar-refractivity contribution is 0.589. The molecule has 0 saturated heterocycles. The van der Waals surface area contributed by atoms with Crippen LogP contribution < -0.4 is 0 Å². The molecule has 0 atom stereocenters. The Hall–Kier alpha value is -2.61. The Bertz CT molecular complexity index is 733. The molecule has 20 heavy (non-hydrogen) atoms. The Morgan fingerprint density at radius 3 is 2.55 bits per heavy atom. The second kappa shape index (κ2) is 5.57. The first kappa shape index (κ1) is 12.4. The topological polar surface area (TPSA) is 26.0 Å². The molecule has 2 aromatic carbocycles.